The van der Waals surface area contributed by atoms with E-state index in [4.69, 9.17) is 0 Å². The molecule has 1 aromatic heterocycles. The highest BCUT2D eigenvalue weighted by atomic mass is 16.2. The summed E-state index contributed by atoms with van der Waals surface area (Å²) in [5.41, 5.74) is 0.753. The standard InChI is InChI=1S/C19H30N4O/c1-15-5-7-18(8-6-15)23-12-9-17(10-13-23)22(2)19(24)21-16-4-3-11-20-14-16/h3-4,11,14-15,17-18H,5-10,12-13H2,1-2H3,(H,21,24). The molecule has 1 saturated heterocycles. The molecular weight excluding hydrogens is 300 g/mol. The molecule has 2 fully saturated rings. The Kier molecular flexibility index (Phi) is 5.72. The van der Waals surface area contributed by atoms with Crippen molar-refractivity contribution in [3.8, 4) is 0 Å². The minimum atomic E-state index is -0.0343. The van der Waals surface area contributed by atoms with E-state index in [1.807, 2.05) is 24.1 Å². The summed E-state index contributed by atoms with van der Waals surface area (Å²) in [6, 6.07) is 4.77. The number of urea groups is 1. The third-order valence-corrected chi connectivity index (χ3v) is 5.78. The van der Waals surface area contributed by atoms with Crippen molar-refractivity contribution in [2.45, 2.75) is 57.5 Å². The van der Waals surface area contributed by atoms with Crippen molar-refractivity contribution in [2.75, 3.05) is 25.5 Å². The Bertz CT molecular complexity index is 519. The Hall–Kier alpha value is -1.62. The second kappa shape index (κ2) is 7.97. The average Bonchev–Trinajstić information content (AvgIpc) is 2.63. The number of hydrogen-bond acceptors (Lipinski definition) is 3. The molecule has 1 aromatic rings. The van der Waals surface area contributed by atoms with Gasteiger partial charge in [-0.3, -0.25) is 4.98 Å². The molecule has 1 aliphatic carbocycles. The Morgan fingerprint density at radius 1 is 1.21 bits per heavy atom. The van der Waals surface area contributed by atoms with Gasteiger partial charge in [-0.15, -0.1) is 0 Å². The molecule has 2 heterocycles. The van der Waals surface area contributed by atoms with Gasteiger partial charge in [0.1, 0.15) is 0 Å². The maximum Gasteiger partial charge on any atom is 0.321 e. The predicted octanol–water partition coefficient (Wildman–Crippen LogP) is 3.59. The van der Waals surface area contributed by atoms with Gasteiger partial charge in [-0.1, -0.05) is 6.92 Å². The van der Waals surface area contributed by atoms with Gasteiger partial charge < -0.3 is 15.1 Å². The number of nitrogens with zero attached hydrogens (tertiary/aromatic N) is 3. The number of aromatic nitrogens is 1. The topological polar surface area (TPSA) is 48.5 Å². The van der Waals surface area contributed by atoms with Crippen LogP contribution < -0.4 is 5.32 Å². The predicted molar refractivity (Wildman–Crippen MR) is 97.0 cm³/mol. The van der Waals surface area contributed by atoms with Crippen molar-refractivity contribution in [3.63, 3.8) is 0 Å². The summed E-state index contributed by atoms with van der Waals surface area (Å²) in [6.45, 7) is 4.61. The maximum absolute atomic E-state index is 12.4. The van der Waals surface area contributed by atoms with Gasteiger partial charge in [0.15, 0.2) is 0 Å². The summed E-state index contributed by atoms with van der Waals surface area (Å²) >= 11 is 0. The molecule has 24 heavy (non-hydrogen) atoms. The fourth-order valence-electron chi connectivity index (χ4n) is 4.06. The van der Waals surface area contributed by atoms with Crippen LogP contribution in [0.15, 0.2) is 24.5 Å². The van der Waals surface area contributed by atoms with Crippen molar-refractivity contribution < 1.29 is 4.79 Å². The Morgan fingerprint density at radius 2 is 1.92 bits per heavy atom. The van der Waals surface area contributed by atoms with Gasteiger partial charge in [0.2, 0.25) is 0 Å². The summed E-state index contributed by atoms with van der Waals surface area (Å²) in [5.74, 6) is 0.904. The van der Waals surface area contributed by atoms with Crippen LogP contribution in [0.5, 0.6) is 0 Å². The molecular formula is C19H30N4O. The van der Waals surface area contributed by atoms with Crippen LogP contribution in [0, 0.1) is 5.92 Å². The maximum atomic E-state index is 12.4. The molecule has 1 saturated carbocycles. The van der Waals surface area contributed by atoms with Crippen LogP contribution in [0.1, 0.15) is 45.4 Å². The molecule has 0 atom stereocenters. The minimum absolute atomic E-state index is 0.0343. The van der Waals surface area contributed by atoms with E-state index in [9.17, 15) is 4.79 Å². The highest BCUT2D eigenvalue weighted by molar-refractivity contribution is 5.89. The zero-order chi connectivity index (χ0) is 16.9. The lowest BCUT2D eigenvalue weighted by molar-refractivity contribution is 0.0844. The van der Waals surface area contributed by atoms with Gasteiger partial charge in [0.25, 0.3) is 0 Å². The molecule has 2 amide bonds. The van der Waals surface area contributed by atoms with Crippen LogP contribution in [0.2, 0.25) is 0 Å². The van der Waals surface area contributed by atoms with Gasteiger partial charge in [0, 0.05) is 38.4 Å². The summed E-state index contributed by atoms with van der Waals surface area (Å²) in [7, 11) is 1.91. The van der Waals surface area contributed by atoms with E-state index < -0.39 is 0 Å². The number of carbonyl (C=O) groups excluding carboxylic acids is 1. The average molecular weight is 330 g/mol. The lowest BCUT2D eigenvalue weighted by Crippen LogP contribution is -2.50. The first-order valence-corrected chi connectivity index (χ1v) is 9.31. The van der Waals surface area contributed by atoms with Crippen molar-refractivity contribution >= 4 is 11.7 Å². The van der Waals surface area contributed by atoms with E-state index in [2.05, 4.69) is 22.1 Å². The van der Waals surface area contributed by atoms with Crippen molar-refractivity contribution in [1.29, 1.82) is 0 Å². The van der Waals surface area contributed by atoms with E-state index in [0.29, 0.717) is 6.04 Å². The monoisotopic (exact) mass is 330 g/mol. The Balaban J connectivity index is 1.46. The SMILES string of the molecule is CC1CCC(N2CCC(N(C)C(=O)Nc3cccnc3)CC2)CC1. The smallest absolute Gasteiger partial charge is 0.321 e. The van der Waals surface area contributed by atoms with Crippen molar-refractivity contribution in [1.82, 2.24) is 14.8 Å². The molecule has 1 N–H and O–H groups in total. The van der Waals surface area contributed by atoms with E-state index in [1.165, 1.54) is 25.7 Å². The fraction of sp³-hybridized carbons (Fsp3) is 0.684. The normalized spacial score (nSPS) is 26.1. The zero-order valence-corrected chi connectivity index (χ0v) is 14.9. The summed E-state index contributed by atoms with van der Waals surface area (Å²) in [4.78, 5) is 21.0. The molecule has 0 radical (unpaired) electrons. The molecule has 0 unspecified atom stereocenters. The molecule has 0 spiro atoms. The van der Waals surface area contributed by atoms with Crippen molar-refractivity contribution in [3.05, 3.63) is 24.5 Å². The highest BCUT2D eigenvalue weighted by Crippen LogP contribution is 2.29. The van der Waals surface area contributed by atoms with E-state index in [0.717, 1.165) is 43.6 Å². The first-order valence-electron chi connectivity index (χ1n) is 9.31. The van der Waals surface area contributed by atoms with Crippen LogP contribution in [-0.2, 0) is 0 Å². The van der Waals surface area contributed by atoms with Crippen LogP contribution in [0.25, 0.3) is 0 Å². The van der Waals surface area contributed by atoms with Crippen LogP contribution >= 0.6 is 0 Å². The van der Waals surface area contributed by atoms with Gasteiger partial charge >= 0.3 is 6.03 Å². The van der Waals surface area contributed by atoms with Gasteiger partial charge in [-0.2, -0.15) is 0 Å². The number of hydrogen-bond donors (Lipinski definition) is 1. The number of anilines is 1. The lowest BCUT2D eigenvalue weighted by atomic mass is 9.85. The van der Waals surface area contributed by atoms with Crippen LogP contribution in [0.4, 0.5) is 10.5 Å². The largest absolute Gasteiger partial charge is 0.325 e. The van der Waals surface area contributed by atoms with Gasteiger partial charge in [0.05, 0.1) is 11.9 Å². The van der Waals surface area contributed by atoms with E-state index in [-0.39, 0.29) is 6.03 Å². The fourth-order valence-corrected chi connectivity index (χ4v) is 4.06. The van der Waals surface area contributed by atoms with Gasteiger partial charge in [-0.05, 0) is 56.6 Å². The Morgan fingerprint density at radius 3 is 2.54 bits per heavy atom. The number of carbonyl (C=O) groups is 1. The molecule has 3 rings (SSSR count). The quantitative estimate of drug-likeness (QED) is 0.921. The van der Waals surface area contributed by atoms with Crippen molar-refractivity contribution in [2.24, 2.45) is 5.92 Å². The molecule has 0 aromatic carbocycles. The van der Waals surface area contributed by atoms with Gasteiger partial charge in [-0.25, -0.2) is 4.79 Å². The zero-order valence-electron chi connectivity index (χ0n) is 14.9. The van der Waals surface area contributed by atoms with E-state index >= 15 is 0 Å². The first-order chi connectivity index (χ1) is 11.6. The second-order valence-electron chi connectivity index (χ2n) is 7.46. The number of rotatable bonds is 3. The molecule has 1 aliphatic heterocycles. The summed E-state index contributed by atoms with van der Waals surface area (Å²) in [5, 5.41) is 2.93. The number of amides is 2. The Labute approximate surface area is 145 Å². The molecule has 5 heteroatoms. The van der Waals surface area contributed by atoms with Crippen LogP contribution in [-0.4, -0.2) is 53.0 Å². The molecule has 5 nitrogen and oxygen atoms in total. The van der Waals surface area contributed by atoms with E-state index in [1.54, 1.807) is 12.4 Å². The number of likely N-dealkylation sites (tertiary alicyclic amines) is 1. The third-order valence-electron chi connectivity index (χ3n) is 5.78. The summed E-state index contributed by atoms with van der Waals surface area (Å²) in [6.07, 6.45) is 11.0. The molecule has 0 bridgehead atoms. The number of pyridine rings is 1. The third kappa shape index (κ3) is 4.26. The molecule has 132 valence electrons. The lowest BCUT2D eigenvalue weighted by Gasteiger charge is -2.42. The summed E-state index contributed by atoms with van der Waals surface area (Å²) < 4.78 is 0. The minimum Gasteiger partial charge on any atom is -0.325 e. The number of piperidine rings is 1. The first kappa shape index (κ1) is 17.2. The second-order valence-corrected chi connectivity index (χ2v) is 7.46. The highest BCUT2D eigenvalue weighted by Gasteiger charge is 2.30. The van der Waals surface area contributed by atoms with Crippen LogP contribution in [0.3, 0.4) is 0 Å². The molecule has 2 aliphatic rings. The number of nitrogens with one attached hydrogen (secondary N) is 1.